The summed E-state index contributed by atoms with van der Waals surface area (Å²) in [5.41, 5.74) is 1.31. The van der Waals surface area contributed by atoms with Gasteiger partial charge in [0.1, 0.15) is 0 Å². The van der Waals surface area contributed by atoms with Crippen molar-refractivity contribution in [3.63, 3.8) is 0 Å². The van der Waals surface area contributed by atoms with Crippen molar-refractivity contribution in [1.82, 2.24) is 14.7 Å². The van der Waals surface area contributed by atoms with Crippen molar-refractivity contribution in [2.75, 3.05) is 19.7 Å². The van der Waals surface area contributed by atoms with Crippen molar-refractivity contribution in [2.24, 2.45) is 0 Å². The summed E-state index contributed by atoms with van der Waals surface area (Å²) < 4.78 is 7.31. The Hall–Kier alpha value is -1.89. The van der Waals surface area contributed by atoms with Gasteiger partial charge in [0.25, 0.3) is 5.91 Å². The Morgan fingerprint density at radius 1 is 1.43 bits per heavy atom. The first-order valence-corrected chi connectivity index (χ1v) is 7.94. The van der Waals surface area contributed by atoms with Crippen LogP contribution in [0.2, 0.25) is 0 Å². The Bertz CT molecular complexity index is 589. The van der Waals surface area contributed by atoms with E-state index >= 15 is 0 Å². The molecule has 2 rings (SSSR count). The maximum absolute atomic E-state index is 12.8. The quantitative estimate of drug-likeness (QED) is 0.908. The maximum Gasteiger partial charge on any atom is 0.306 e. The van der Waals surface area contributed by atoms with E-state index in [0.29, 0.717) is 31.7 Å². The summed E-state index contributed by atoms with van der Waals surface area (Å²) in [7, 11) is 0. The highest BCUT2D eigenvalue weighted by Gasteiger charge is 2.30. The molecule has 1 saturated heterocycles. The van der Waals surface area contributed by atoms with Gasteiger partial charge in [-0.3, -0.25) is 14.3 Å². The number of carbonyl (C=O) groups excluding carboxylic acids is 1. The zero-order valence-corrected chi connectivity index (χ0v) is 14.2. The van der Waals surface area contributed by atoms with Crippen LogP contribution < -0.4 is 0 Å². The van der Waals surface area contributed by atoms with E-state index in [1.54, 1.807) is 11.1 Å². The van der Waals surface area contributed by atoms with Gasteiger partial charge in [0, 0.05) is 13.1 Å². The molecule has 0 radical (unpaired) electrons. The number of hydrogen-bond acceptors (Lipinski definition) is 4. The number of aromatic nitrogens is 2. The van der Waals surface area contributed by atoms with Crippen LogP contribution in [-0.2, 0) is 21.5 Å². The molecule has 128 valence electrons. The number of carbonyl (C=O) groups is 2. The molecular weight excluding hydrogens is 298 g/mol. The van der Waals surface area contributed by atoms with Gasteiger partial charge in [-0.1, -0.05) is 6.92 Å². The van der Waals surface area contributed by atoms with Gasteiger partial charge in [0.05, 0.1) is 42.1 Å². The van der Waals surface area contributed by atoms with Crippen LogP contribution in [0.1, 0.15) is 50.2 Å². The summed E-state index contributed by atoms with van der Waals surface area (Å²) in [5, 5.41) is 13.3. The SMILES string of the molecule is CCc1c(C(=O)N2CCO[C@@H](CC(=O)O)C2)cnn1C(C)(C)C. The third-order valence-corrected chi connectivity index (χ3v) is 3.90. The maximum atomic E-state index is 12.8. The third kappa shape index (κ3) is 3.90. The predicted octanol–water partition coefficient (Wildman–Crippen LogP) is 1.52. The third-order valence-electron chi connectivity index (χ3n) is 3.90. The molecule has 2 heterocycles. The first-order chi connectivity index (χ1) is 10.7. The summed E-state index contributed by atoms with van der Waals surface area (Å²) >= 11 is 0. The highest BCUT2D eigenvalue weighted by atomic mass is 16.5. The Labute approximate surface area is 136 Å². The van der Waals surface area contributed by atoms with Crippen LogP contribution in [-0.4, -0.2) is 57.5 Å². The number of morpholine rings is 1. The average molecular weight is 323 g/mol. The lowest BCUT2D eigenvalue weighted by Gasteiger charge is -2.32. The summed E-state index contributed by atoms with van der Waals surface area (Å²) in [6, 6.07) is 0. The van der Waals surface area contributed by atoms with Gasteiger partial charge in [-0.15, -0.1) is 0 Å². The van der Waals surface area contributed by atoms with Gasteiger partial charge in [0.15, 0.2) is 0 Å². The Morgan fingerprint density at radius 2 is 2.13 bits per heavy atom. The summed E-state index contributed by atoms with van der Waals surface area (Å²) in [6.45, 7) is 9.27. The van der Waals surface area contributed by atoms with Crippen molar-refractivity contribution < 1.29 is 19.4 Å². The largest absolute Gasteiger partial charge is 0.481 e. The van der Waals surface area contributed by atoms with Crippen molar-refractivity contribution in [3.8, 4) is 0 Å². The smallest absolute Gasteiger partial charge is 0.306 e. The minimum Gasteiger partial charge on any atom is -0.481 e. The van der Waals surface area contributed by atoms with Gasteiger partial charge in [-0.05, 0) is 27.2 Å². The van der Waals surface area contributed by atoms with E-state index in [9.17, 15) is 9.59 Å². The van der Waals surface area contributed by atoms with Crippen molar-refractivity contribution in [2.45, 2.75) is 52.2 Å². The highest BCUT2D eigenvalue weighted by Crippen LogP contribution is 2.22. The fraction of sp³-hybridized carbons (Fsp3) is 0.688. The fourth-order valence-electron chi connectivity index (χ4n) is 2.86. The first kappa shape index (κ1) is 17.5. The number of nitrogens with zero attached hydrogens (tertiary/aromatic N) is 3. The van der Waals surface area contributed by atoms with E-state index in [-0.39, 0.29) is 17.9 Å². The molecule has 23 heavy (non-hydrogen) atoms. The lowest BCUT2D eigenvalue weighted by molar-refractivity contribution is -0.141. The molecule has 7 nitrogen and oxygen atoms in total. The van der Waals surface area contributed by atoms with Crippen molar-refractivity contribution in [3.05, 3.63) is 17.5 Å². The van der Waals surface area contributed by atoms with E-state index in [1.165, 1.54) is 0 Å². The molecule has 1 atom stereocenters. The van der Waals surface area contributed by atoms with Crippen LogP contribution in [0.15, 0.2) is 6.20 Å². The number of amides is 1. The van der Waals surface area contributed by atoms with Crippen LogP contribution >= 0.6 is 0 Å². The molecular formula is C16H25N3O4. The number of carboxylic acid groups (broad SMARTS) is 1. The average Bonchev–Trinajstić information content (AvgIpc) is 2.89. The molecule has 1 fully saturated rings. The van der Waals surface area contributed by atoms with Crippen molar-refractivity contribution >= 4 is 11.9 Å². The van der Waals surface area contributed by atoms with E-state index in [1.807, 2.05) is 32.4 Å². The number of rotatable bonds is 4. The molecule has 0 spiro atoms. The summed E-state index contributed by atoms with van der Waals surface area (Å²) in [6.07, 6.45) is 1.79. The topological polar surface area (TPSA) is 84.7 Å². The Morgan fingerprint density at radius 3 is 2.70 bits per heavy atom. The fourth-order valence-corrected chi connectivity index (χ4v) is 2.86. The van der Waals surface area contributed by atoms with Gasteiger partial charge < -0.3 is 14.7 Å². The number of hydrogen-bond donors (Lipinski definition) is 1. The molecule has 1 N–H and O–H groups in total. The minimum absolute atomic E-state index is 0.0916. The van der Waals surface area contributed by atoms with E-state index < -0.39 is 12.1 Å². The van der Waals surface area contributed by atoms with Crippen LogP contribution in [0.25, 0.3) is 0 Å². The predicted molar refractivity (Wildman–Crippen MR) is 84.5 cm³/mol. The normalized spacial score (nSPS) is 19.0. The lowest BCUT2D eigenvalue weighted by Crippen LogP contribution is -2.46. The standard InChI is InChI=1S/C16H25N3O4/c1-5-13-12(9-17-19(13)16(2,3)4)15(22)18-6-7-23-11(10-18)8-14(20)21/h9,11H,5-8,10H2,1-4H3,(H,20,21)/t11-/m0/s1. The molecule has 0 unspecified atom stereocenters. The zero-order chi connectivity index (χ0) is 17.2. The second-order valence-electron chi connectivity index (χ2n) is 6.78. The minimum atomic E-state index is -0.918. The highest BCUT2D eigenvalue weighted by molar-refractivity contribution is 5.95. The van der Waals surface area contributed by atoms with E-state index in [2.05, 4.69) is 5.10 Å². The summed E-state index contributed by atoms with van der Waals surface area (Å²) in [4.78, 5) is 25.3. The van der Waals surface area contributed by atoms with Crippen LogP contribution in [0.5, 0.6) is 0 Å². The van der Waals surface area contributed by atoms with Crippen LogP contribution in [0, 0.1) is 0 Å². The number of carboxylic acids is 1. The molecule has 0 bridgehead atoms. The van der Waals surface area contributed by atoms with Gasteiger partial charge >= 0.3 is 5.97 Å². The molecule has 1 aliphatic rings. The zero-order valence-electron chi connectivity index (χ0n) is 14.2. The van der Waals surface area contributed by atoms with E-state index in [4.69, 9.17) is 9.84 Å². The molecule has 0 aliphatic carbocycles. The molecule has 1 amide bonds. The first-order valence-electron chi connectivity index (χ1n) is 7.94. The molecule has 1 aliphatic heterocycles. The molecule has 1 aromatic heterocycles. The van der Waals surface area contributed by atoms with Gasteiger partial charge in [0.2, 0.25) is 0 Å². The molecule has 0 saturated carbocycles. The lowest BCUT2D eigenvalue weighted by atomic mass is 10.1. The van der Waals surface area contributed by atoms with Crippen molar-refractivity contribution in [1.29, 1.82) is 0 Å². The monoisotopic (exact) mass is 323 g/mol. The van der Waals surface area contributed by atoms with E-state index in [0.717, 1.165) is 5.69 Å². The summed E-state index contributed by atoms with van der Waals surface area (Å²) in [5.74, 6) is -1.02. The van der Waals surface area contributed by atoms with Crippen LogP contribution in [0.4, 0.5) is 0 Å². The number of ether oxygens (including phenoxy) is 1. The Balaban J connectivity index is 2.20. The van der Waals surface area contributed by atoms with Gasteiger partial charge in [-0.25, -0.2) is 0 Å². The second kappa shape index (κ2) is 6.70. The van der Waals surface area contributed by atoms with Crippen LogP contribution in [0.3, 0.4) is 0 Å². The molecule has 7 heteroatoms. The number of aliphatic carboxylic acids is 1. The second-order valence-corrected chi connectivity index (χ2v) is 6.78. The molecule has 1 aromatic rings. The molecule has 0 aromatic carbocycles. The Kier molecular flexibility index (Phi) is 5.09. The van der Waals surface area contributed by atoms with Gasteiger partial charge in [-0.2, -0.15) is 5.10 Å².